The molecular weight excluding hydrogens is 240 g/mol. The fourth-order valence-electron chi connectivity index (χ4n) is 3.02. The SMILES string of the molecule is COC1(C2CC2)C(=O)C(C)=C(c2ccccc2)C1=O. The van der Waals surface area contributed by atoms with Crippen LogP contribution in [0.1, 0.15) is 25.3 Å². The molecule has 0 N–H and O–H groups in total. The van der Waals surface area contributed by atoms with E-state index < -0.39 is 5.60 Å². The van der Waals surface area contributed by atoms with E-state index in [0.29, 0.717) is 11.1 Å². The topological polar surface area (TPSA) is 43.4 Å². The molecule has 1 aromatic rings. The van der Waals surface area contributed by atoms with Crippen LogP contribution in [0, 0.1) is 5.92 Å². The third kappa shape index (κ3) is 1.55. The van der Waals surface area contributed by atoms with Crippen LogP contribution >= 0.6 is 0 Å². The molecule has 1 atom stereocenters. The second-order valence-electron chi connectivity index (χ2n) is 5.24. The smallest absolute Gasteiger partial charge is 0.203 e. The summed E-state index contributed by atoms with van der Waals surface area (Å²) in [6.45, 7) is 1.73. The van der Waals surface area contributed by atoms with Gasteiger partial charge in [0.25, 0.3) is 0 Å². The molecule has 3 heteroatoms. The summed E-state index contributed by atoms with van der Waals surface area (Å²) in [5.74, 6) is -0.263. The van der Waals surface area contributed by atoms with Crippen molar-refractivity contribution in [3.8, 4) is 0 Å². The fraction of sp³-hybridized carbons (Fsp3) is 0.375. The average Bonchev–Trinajstić information content (AvgIpc) is 3.23. The molecule has 2 aliphatic rings. The molecule has 98 valence electrons. The summed E-state index contributed by atoms with van der Waals surface area (Å²) in [7, 11) is 1.47. The van der Waals surface area contributed by atoms with Gasteiger partial charge >= 0.3 is 0 Å². The van der Waals surface area contributed by atoms with Crippen molar-refractivity contribution in [2.75, 3.05) is 7.11 Å². The van der Waals surface area contributed by atoms with Gasteiger partial charge in [0.1, 0.15) is 0 Å². The van der Waals surface area contributed by atoms with Gasteiger partial charge in [0.2, 0.25) is 5.78 Å². The van der Waals surface area contributed by atoms with Gasteiger partial charge in [0.05, 0.1) is 0 Å². The van der Waals surface area contributed by atoms with Crippen LogP contribution in [0.4, 0.5) is 0 Å². The summed E-state index contributed by atoms with van der Waals surface area (Å²) in [5, 5.41) is 0. The zero-order valence-electron chi connectivity index (χ0n) is 11.1. The highest BCUT2D eigenvalue weighted by molar-refractivity contribution is 6.44. The molecule has 1 fully saturated rings. The van der Waals surface area contributed by atoms with Gasteiger partial charge in [0, 0.05) is 24.2 Å². The van der Waals surface area contributed by atoms with Crippen LogP contribution in [0.5, 0.6) is 0 Å². The Balaban J connectivity index is 2.12. The molecule has 0 radical (unpaired) electrons. The fourth-order valence-corrected chi connectivity index (χ4v) is 3.02. The largest absolute Gasteiger partial charge is 0.362 e. The number of ether oxygens (including phenoxy) is 1. The molecule has 0 amide bonds. The Labute approximate surface area is 112 Å². The zero-order chi connectivity index (χ0) is 13.6. The molecular formula is C16H16O3. The summed E-state index contributed by atoms with van der Waals surface area (Å²) in [6, 6.07) is 9.37. The summed E-state index contributed by atoms with van der Waals surface area (Å²) >= 11 is 0. The Kier molecular flexibility index (Phi) is 2.68. The lowest BCUT2D eigenvalue weighted by Gasteiger charge is -2.24. The van der Waals surface area contributed by atoms with Crippen LogP contribution in [-0.2, 0) is 14.3 Å². The minimum absolute atomic E-state index is 0.0497. The second kappa shape index (κ2) is 4.14. The van der Waals surface area contributed by atoms with Crippen molar-refractivity contribution in [1.82, 2.24) is 0 Å². The lowest BCUT2D eigenvalue weighted by Crippen LogP contribution is -2.46. The van der Waals surface area contributed by atoms with Crippen molar-refractivity contribution in [2.24, 2.45) is 5.92 Å². The van der Waals surface area contributed by atoms with Crippen LogP contribution in [0.2, 0.25) is 0 Å². The molecule has 0 spiro atoms. The first kappa shape index (κ1) is 12.3. The standard InChI is InChI=1S/C16H16O3/c1-10-13(11-6-4-3-5-7-11)15(18)16(19-2,14(10)17)12-8-9-12/h3-7,12H,8-9H2,1-2H3. The number of hydrogen-bond donors (Lipinski definition) is 0. The van der Waals surface area contributed by atoms with E-state index in [1.807, 2.05) is 30.3 Å². The number of methoxy groups -OCH3 is 1. The molecule has 0 saturated heterocycles. The van der Waals surface area contributed by atoms with E-state index in [4.69, 9.17) is 4.74 Å². The van der Waals surface area contributed by atoms with Crippen LogP contribution < -0.4 is 0 Å². The van der Waals surface area contributed by atoms with Gasteiger partial charge in [-0.15, -0.1) is 0 Å². The van der Waals surface area contributed by atoms with Gasteiger partial charge in [-0.3, -0.25) is 9.59 Å². The quantitative estimate of drug-likeness (QED) is 0.780. The van der Waals surface area contributed by atoms with Gasteiger partial charge in [-0.2, -0.15) is 0 Å². The Morgan fingerprint density at radius 3 is 2.26 bits per heavy atom. The number of hydrogen-bond acceptors (Lipinski definition) is 3. The van der Waals surface area contributed by atoms with Crippen LogP contribution in [-0.4, -0.2) is 24.3 Å². The van der Waals surface area contributed by atoms with Crippen LogP contribution in [0.3, 0.4) is 0 Å². The molecule has 3 nitrogen and oxygen atoms in total. The number of ketones is 2. The number of benzene rings is 1. The first-order valence-corrected chi connectivity index (χ1v) is 6.54. The monoisotopic (exact) mass is 256 g/mol. The lowest BCUT2D eigenvalue weighted by molar-refractivity contribution is -0.149. The summed E-state index contributed by atoms with van der Waals surface area (Å²) in [6.07, 6.45) is 1.78. The minimum Gasteiger partial charge on any atom is -0.362 e. The van der Waals surface area contributed by atoms with Crippen molar-refractivity contribution in [1.29, 1.82) is 0 Å². The predicted molar refractivity (Wildman–Crippen MR) is 71.5 cm³/mol. The molecule has 3 rings (SSSR count). The molecule has 1 unspecified atom stereocenters. The Bertz CT molecular complexity index is 581. The minimum atomic E-state index is -1.24. The summed E-state index contributed by atoms with van der Waals surface area (Å²) in [5.41, 5.74) is 0.622. The van der Waals surface area contributed by atoms with E-state index in [0.717, 1.165) is 18.4 Å². The molecule has 0 heterocycles. The van der Waals surface area contributed by atoms with E-state index in [9.17, 15) is 9.59 Å². The number of carbonyl (C=O) groups is 2. The number of rotatable bonds is 3. The summed E-state index contributed by atoms with van der Waals surface area (Å²) < 4.78 is 5.43. The van der Waals surface area contributed by atoms with Crippen LogP contribution in [0.25, 0.3) is 5.57 Å². The highest BCUT2D eigenvalue weighted by Crippen LogP contribution is 2.50. The predicted octanol–water partition coefficient (Wildman–Crippen LogP) is 2.41. The van der Waals surface area contributed by atoms with Crippen LogP contribution in [0.15, 0.2) is 35.9 Å². The maximum Gasteiger partial charge on any atom is 0.203 e. The van der Waals surface area contributed by atoms with Crippen molar-refractivity contribution >= 4 is 17.1 Å². The van der Waals surface area contributed by atoms with Crippen molar-refractivity contribution < 1.29 is 14.3 Å². The highest BCUT2D eigenvalue weighted by Gasteiger charge is 2.61. The third-order valence-corrected chi connectivity index (χ3v) is 4.15. The maximum absolute atomic E-state index is 12.8. The van der Waals surface area contributed by atoms with Gasteiger partial charge < -0.3 is 4.74 Å². The molecule has 0 bridgehead atoms. The Morgan fingerprint density at radius 1 is 1.11 bits per heavy atom. The molecule has 2 aliphatic carbocycles. The average molecular weight is 256 g/mol. The first-order chi connectivity index (χ1) is 9.13. The van der Waals surface area contributed by atoms with Gasteiger partial charge in [0.15, 0.2) is 11.4 Å². The normalized spacial score (nSPS) is 27.3. The van der Waals surface area contributed by atoms with E-state index in [1.165, 1.54) is 7.11 Å². The van der Waals surface area contributed by atoms with Crippen molar-refractivity contribution in [3.05, 3.63) is 41.5 Å². The Hall–Kier alpha value is -1.74. The van der Waals surface area contributed by atoms with Crippen molar-refractivity contribution in [3.63, 3.8) is 0 Å². The third-order valence-electron chi connectivity index (χ3n) is 4.15. The lowest BCUT2D eigenvalue weighted by atomic mass is 9.89. The first-order valence-electron chi connectivity index (χ1n) is 6.54. The second-order valence-corrected chi connectivity index (χ2v) is 5.24. The molecule has 0 aromatic heterocycles. The van der Waals surface area contributed by atoms with Gasteiger partial charge in [-0.25, -0.2) is 0 Å². The van der Waals surface area contributed by atoms with E-state index in [2.05, 4.69) is 0 Å². The highest BCUT2D eigenvalue weighted by atomic mass is 16.5. The zero-order valence-corrected chi connectivity index (χ0v) is 11.1. The van der Waals surface area contributed by atoms with Gasteiger partial charge in [-0.05, 0) is 25.3 Å². The van der Waals surface area contributed by atoms with Crippen molar-refractivity contribution in [2.45, 2.75) is 25.4 Å². The molecule has 0 aliphatic heterocycles. The maximum atomic E-state index is 12.8. The number of carbonyl (C=O) groups excluding carboxylic acids is 2. The molecule has 19 heavy (non-hydrogen) atoms. The van der Waals surface area contributed by atoms with E-state index >= 15 is 0 Å². The molecule has 1 aromatic carbocycles. The molecule has 1 saturated carbocycles. The van der Waals surface area contributed by atoms with E-state index in [1.54, 1.807) is 6.92 Å². The Morgan fingerprint density at radius 2 is 1.74 bits per heavy atom. The van der Waals surface area contributed by atoms with E-state index in [-0.39, 0.29) is 17.5 Å². The number of Topliss-reactive ketones (excluding diaryl/α,β-unsaturated/α-hetero) is 2. The summed E-state index contributed by atoms with van der Waals surface area (Å²) in [4.78, 5) is 25.3. The van der Waals surface area contributed by atoms with Gasteiger partial charge in [-0.1, -0.05) is 30.3 Å².